The number of carboxylic acid groups (broad SMARTS) is 1. The topological polar surface area (TPSA) is 89.7 Å². The molecule has 6 nitrogen and oxygen atoms in total. The first-order valence-corrected chi connectivity index (χ1v) is 5.01. The normalized spacial score (nSPS) is 9.94. The van der Waals surface area contributed by atoms with Crippen LogP contribution in [0.25, 0.3) is 0 Å². The van der Waals surface area contributed by atoms with Crippen molar-refractivity contribution < 1.29 is 19.6 Å². The van der Waals surface area contributed by atoms with Crippen molar-refractivity contribution in [3.63, 3.8) is 0 Å². The number of methoxy groups -OCH3 is 1. The molecule has 0 saturated heterocycles. The number of hydrogen-bond donors (Lipinski definition) is 1. The van der Waals surface area contributed by atoms with Crippen molar-refractivity contribution in [3.8, 4) is 5.75 Å². The number of nitro groups is 1. The molecule has 86 valence electrons. The van der Waals surface area contributed by atoms with Crippen LogP contribution in [0.2, 0.25) is 5.02 Å². The number of hydrogen-bond acceptors (Lipinski definition) is 4. The maximum absolute atomic E-state index is 10.9. The van der Waals surface area contributed by atoms with Crippen LogP contribution in [0.5, 0.6) is 5.75 Å². The Morgan fingerprint density at radius 2 is 2.25 bits per heavy atom. The molecule has 0 aromatic heterocycles. The lowest BCUT2D eigenvalue weighted by Crippen LogP contribution is -2.06. The molecule has 0 aliphatic carbocycles. The quantitative estimate of drug-likeness (QED) is 0.685. The van der Waals surface area contributed by atoms with Crippen molar-refractivity contribution in [2.24, 2.45) is 0 Å². The summed E-state index contributed by atoms with van der Waals surface area (Å²) in [7, 11) is 1.21. The first kappa shape index (κ1) is 12.7. The zero-order valence-corrected chi connectivity index (χ0v) is 10.2. The minimum Gasteiger partial charge on any atom is -0.494 e. The van der Waals surface area contributed by atoms with Crippen LogP contribution in [-0.4, -0.2) is 23.1 Å². The molecule has 1 aromatic carbocycles. The number of ether oxygens (including phenoxy) is 1. The molecule has 0 amide bonds. The second kappa shape index (κ2) is 4.67. The number of rotatable bonds is 3. The third-order valence-corrected chi connectivity index (χ3v) is 2.64. The largest absolute Gasteiger partial charge is 0.494 e. The summed E-state index contributed by atoms with van der Waals surface area (Å²) in [6, 6.07) is 1.21. The van der Waals surface area contributed by atoms with Gasteiger partial charge in [-0.05, 0) is 22.0 Å². The fourth-order valence-electron chi connectivity index (χ4n) is 1.17. The van der Waals surface area contributed by atoms with Crippen LogP contribution in [0.1, 0.15) is 10.4 Å². The van der Waals surface area contributed by atoms with Gasteiger partial charge in [0.1, 0.15) is 5.02 Å². The molecule has 1 aromatic rings. The lowest BCUT2D eigenvalue weighted by atomic mass is 10.1. The number of carboxylic acids is 1. The first-order chi connectivity index (χ1) is 7.40. The van der Waals surface area contributed by atoms with Crippen molar-refractivity contribution in [1.82, 2.24) is 0 Å². The third-order valence-electron chi connectivity index (χ3n) is 1.76. The summed E-state index contributed by atoms with van der Waals surface area (Å²) in [5, 5.41) is 19.4. The van der Waals surface area contributed by atoms with E-state index in [2.05, 4.69) is 15.9 Å². The number of carbonyl (C=O) groups is 1. The summed E-state index contributed by atoms with van der Waals surface area (Å²) in [4.78, 5) is 20.8. The van der Waals surface area contributed by atoms with Crippen molar-refractivity contribution in [2.45, 2.75) is 0 Å². The summed E-state index contributed by atoms with van der Waals surface area (Å²) in [6.45, 7) is 0. The Morgan fingerprint density at radius 3 is 2.62 bits per heavy atom. The standard InChI is InChI=1S/C8H5BrClNO5/c1-16-7-3(9)2-4(10)6(11(14)15)5(7)8(12)13/h2H,1H3,(H,12,13). The second-order valence-corrected chi connectivity index (χ2v) is 3.92. The molecular formula is C8H5BrClNO5. The highest BCUT2D eigenvalue weighted by Gasteiger charge is 2.30. The summed E-state index contributed by atoms with van der Waals surface area (Å²) in [5.41, 5.74) is -1.26. The van der Waals surface area contributed by atoms with Crippen LogP contribution in [0.4, 0.5) is 5.69 Å². The molecule has 1 rings (SSSR count). The third kappa shape index (κ3) is 2.10. The van der Waals surface area contributed by atoms with Crippen molar-refractivity contribution >= 4 is 39.2 Å². The number of benzene rings is 1. The molecule has 0 bridgehead atoms. The summed E-state index contributed by atoms with van der Waals surface area (Å²) in [6.07, 6.45) is 0. The van der Waals surface area contributed by atoms with Crippen LogP contribution in [0.15, 0.2) is 10.5 Å². The van der Waals surface area contributed by atoms with Gasteiger partial charge in [-0.15, -0.1) is 0 Å². The predicted molar refractivity (Wildman–Crippen MR) is 59.3 cm³/mol. The van der Waals surface area contributed by atoms with E-state index in [-0.39, 0.29) is 15.2 Å². The van der Waals surface area contributed by atoms with Crippen LogP contribution in [0.3, 0.4) is 0 Å². The Bertz CT molecular complexity index is 476. The van der Waals surface area contributed by atoms with Gasteiger partial charge in [0.15, 0.2) is 11.3 Å². The average molecular weight is 310 g/mol. The van der Waals surface area contributed by atoms with E-state index in [1.807, 2.05) is 0 Å². The van der Waals surface area contributed by atoms with Crippen LogP contribution < -0.4 is 4.74 Å². The van der Waals surface area contributed by atoms with Gasteiger partial charge in [-0.1, -0.05) is 11.6 Å². The molecule has 8 heteroatoms. The van der Waals surface area contributed by atoms with Gasteiger partial charge in [-0.2, -0.15) is 0 Å². The highest BCUT2D eigenvalue weighted by atomic mass is 79.9. The maximum Gasteiger partial charge on any atom is 0.346 e. The van der Waals surface area contributed by atoms with Crippen molar-refractivity contribution in [2.75, 3.05) is 7.11 Å². The van der Waals surface area contributed by atoms with E-state index in [1.165, 1.54) is 13.2 Å². The van der Waals surface area contributed by atoms with Gasteiger partial charge in [0.05, 0.1) is 16.5 Å². The van der Waals surface area contributed by atoms with Gasteiger partial charge in [0.2, 0.25) is 0 Å². The van der Waals surface area contributed by atoms with Gasteiger partial charge in [0.25, 0.3) is 0 Å². The summed E-state index contributed by atoms with van der Waals surface area (Å²) >= 11 is 8.63. The zero-order chi connectivity index (χ0) is 12.5. The fraction of sp³-hybridized carbons (Fsp3) is 0.125. The molecule has 1 N–H and O–H groups in total. The van der Waals surface area contributed by atoms with E-state index in [0.717, 1.165) is 0 Å². The smallest absolute Gasteiger partial charge is 0.346 e. The van der Waals surface area contributed by atoms with Crippen LogP contribution in [-0.2, 0) is 0 Å². The van der Waals surface area contributed by atoms with Gasteiger partial charge in [-0.25, -0.2) is 4.79 Å². The van der Waals surface area contributed by atoms with Crippen molar-refractivity contribution in [1.29, 1.82) is 0 Å². The Hall–Kier alpha value is -1.34. The molecule has 0 heterocycles. The molecule has 0 radical (unpaired) electrons. The molecule has 0 aliphatic heterocycles. The van der Waals surface area contributed by atoms with E-state index >= 15 is 0 Å². The second-order valence-electron chi connectivity index (χ2n) is 2.66. The highest BCUT2D eigenvalue weighted by Crippen LogP contribution is 2.40. The lowest BCUT2D eigenvalue weighted by molar-refractivity contribution is -0.385. The number of nitrogens with zero attached hydrogens (tertiary/aromatic N) is 1. The Labute approximate surface area is 103 Å². The van der Waals surface area contributed by atoms with Gasteiger partial charge in [0, 0.05) is 0 Å². The Morgan fingerprint density at radius 1 is 1.69 bits per heavy atom. The summed E-state index contributed by atoms with van der Waals surface area (Å²) in [5.74, 6) is -1.62. The van der Waals surface area contributed by atoms with Crippen LogP contribution >= 0.6 is 27.5 Å². The predicted octanol–water partition coefficient (Wildman–Crippen LogP) is 2.72. The highest BCUT2D eigenvalue weighted by molar-refractivity contribution is 9.10. The van der Waals surface area contributed by atoms with E-state index in [0.29, 0.717) is 0 Å². The Kier molecular flexibility index (Phi) is 3.71. The van der Waals surface area contributed by atoms with Crippen molar-refractivity contribution in [3.05, 3.63) is 31.2 Å². The molecule has 0 fully saturated rings. The minimum atomic E-state index is -1.48. The average Bonchev–Trinajstić information content (AvgIpc) is 2.15. The molecule has 0 atom stereocenters. The summed E-state index contributed by atoms with van der Waals surface area (Å²) < 4.78 is 5.03. The molecule has 0 spiro atoms. The van der Waals surface area contributed by atoms with Gasteiger partial charge < -0.3 is 9.84 Å². The minimum absolute atomic E-state index is 0.136. The van der Waals surface area contributed by atoms with Gasteiger partial charge in [-0.3, -0.25) is 10.1 Å². The zero-order valence-electron chi connectivity index (χ0n) is 7.86. The lowest BCUT2D eigenvalue weighted by Gasteiger charge is -2.08. The number of halogens is 2. The molecule has 16 heavy (non-hydrogen) atoms. The Balaban J connectivity index is 3.72. The first-order valence-electron chi connectivity index (χ1n) is 3.83. The molecule has 0 unspecified atom stereocenters. The monoisotopic (exact) mass is 309 g/mol. The van der Waals surface area contributed by atoms with Crippen LogP contribution in [0, 0.1) is 10.1 Å². The molecule has 0 saturated carbocycles. The molecule has 0 aliphatic rings. The van der Waals surface area contributed by atoms with E-state index in [1.54, 1.807) is 0 Å². The fourth-order valence-corrected chi connectivity index (χ4v) is 2.16. The SMILES string of the molecule is COc1c(Br)cc(Cl)c([N+](=O)[O-])c1C(=O)O. The maximum atomic E-state index is 10.9. The van der Waals surface area contributed by atoms with Gasteiger partial charge >= 0.3 is 11.7 Å². The van der Waals surface area contributed by atoms with E-state index < -0.39 is 22.1 Å². The van der Waals surface area contributed by atoms with E-state index in [4.69, 9.17) is 21.4 Å². The number of nitro benzene ring substituents is 1. The molecular weight excluding hydrogens is 305 g/mol. The van der Waals surface area contributed by atoms with E-state index in [9.17, 15) is 14.9 Å². The number of aromatic carboxylic acids is 1.